The molecule has 4 heteroatoms. The van der Waals surface area contributed by atoms with Gasteiger partial charge in [0, 0.05) is 6.42 Å². The van der Waals surface area contributed by atoms with Gasteiger partial charge in [-0.05, 0) is 60.1 Å². The number of hydrogen-bond donors (Lipinski definition) is 2. The fraction of sp³-hybridized carbons (Fsp3) is 0.130. The van der Waals surface area contributed by atoms with Crippen LogP contribution in [0.2, 0.25) is 0 Å². The summed E-state index contributed by atoms with van der Waals surface area (Å²) in [5, 5.41) is 25.6. The van der Waals surface area contributed by atoms with E-state index in [2.05, 4.69) is 34.0 Å². The Morgan fingerprint density at radius 1 is 0.704 bits per heavy atom. The first-order chi connectivity index (χ1) is 13.1. The van der Waals surface area contributed by atoms with Crippen molar-refractivity contribution in [3.63, 3.8) is 0 Å². The zero-order valence-corrected chi connectivity index (χ0v) is 15.3. The molecule has 2 rings (SSSR count). The van der Waals surface area contributed by atoms with Crippen LogP contribution in [-0.2, 0) is 0 Å². The number of rotatable bonds is 0. The van der Waals surface area contributed by atoms with Crippen molar-refractivity contribution in [1.29, 1.82) is 0 Å². The molecule has 0 radical (unpaired) electrons. The van der Waals surface area contributed by atoms with Gasteiger partial charge in [-0.3, -0.25) is 0 Å². The monoisotopic (exact) mass is 356 g/mol. The van der Waals surface area contributed by atoms with Gasteiger partial charge in [0.05, 0.1) is 0 Å². The fourth-order valence-corrected chi connectivity index (χ4v) is 2.34. The van der Waals surface area contributed by atoms with E-state index in [9.17, 15) is 10.4 Å². The van der Waals surface area contributed by atoms with Gasteiger partial charge in [0.25, 0.3) is 0 Å². The first-order valence-corrected chi connectivity index (χ1v) is 8.37. The maximum absolute atomic E-state index is 9.42. The summed E-state index contributed by atoms with van der Waals surface area (Å²) in [6.07, 6.45) is 18.5. The van der Waals surface area contributed by atoms with Crippen LogP contribution in [0.5, 0.6) is 0 Å². The van der Waals surface area contributed by atoms with E-state index in [1.807, 2.05) is 50.3 Å². The van der Waals surface area contributed by atoms with Crippen molar-refractivity contribution in [2.45, 2.75) is 20.3 Å². The van der Waals surface area contributed by atoms with Crippen molar-refractivity contribution in [2.24, 2.45) is 10.3 Å². The molecule has 0 aromatic carbocycles. The highest BCUT2D eigenvalue weighted by molar-refractivity contribution is 6.13. The molecule has 2 aliphatic carbocycles. The van der Waals surface area contributed by atoms with Crippen LogP contribution in [0.25, 0.3) is 0 Å². The summed E-state index contributed by atoms with van der Waals surface area (Å²) >= 11 is 0. The lowest BCUT2D eigenvalue weighted by Gasteiger charge is -2.08. The second kappa shape index (κ2) is 10.3. The van der Waals surface area contributed by atoms with E-state index >= 15 is 0 Å². The third kappa shape index (κ3) is 6.23. The van der Waals surface area contributed by atoms with E-state index in [1.54, 1.807) is 24.3 Å². The van der Waals surface area contributed by atoms with Gasteiger partial charge >= 0.3 is 0 Å². The van der Waals surface area contributed by atoms with E-state index in [0.29, 0.717) is 17.8 Å². The van der Waals surface area contributed by atoms with Crippen molar-refractivity contribution in [2.75, 3.05) is 0 Å². The normalized spacial score (nSPS) is 26.4. The summed E-state index contributed by atoms with van der Waals surface area (Å²) in [7, 11) is 0. The quantitative estimate of drug-likeness (QED) is 0.382. The Kier molecular flexibility index (Phi) is 7.45. The highest BCUT2D eigenvalue weighted by Gasteiger charge is 2.12. The van der Waals surface area contributed by atoms with Crippen LogP contribution < -0.4 is 0 Å². The smallest absolute Gasteiger partial charge is 0.106 e. The molecule has 0 aliphatic heterocycles. The average molecular weight is 356 g/mol. The molecule has 0 amide bonds. The fourth-order valence-electron chi connectivity index (χ4n) is 2.34. The van der Waals surface area contributed by atoms with Crippen LogP contribution in [0.1, 0.15) is 20.3 Å². The summed E-state index contributed by atoms with van der Waals surface area (Å²) < 4.78 is 0. The SMILES string of the molecule is C/C1=C/C=C\C(=N\O)C2=CC=CC=C(C2)C(=N\O)/C=C\C=C(\C)C#CC#C1. The Morgan fingerprint density at radius 2 is 1.15 bits per heavy atom. The minimum absolute atomic E-state index is 0.422. The molecule has 27 heavy (non-hydrogen) atoms. The summed E-state index contributed by atoms with van der Waals surface area (Å²) in [4.78, 5) is 0. The highest BCUT2D eigenvalue weighted by Crippen LogP contribution is 2.19. The van der Waals surface area contributed by atoms with E-state index < -0.39 is 0 Å². The molecule has 2 aliphatic rings. The van der Waals surface area contributed by atoms with Crippen LogP contribution in [0.15, 0.2) is 93.4 Å². The highest BCUT2D eigenvalue weighted by atomic mass is 16.4. The summed E-state index contributed by atoms with van der Waals surface area (Å²) in [5.41, 5.74) is 4.11. The average Bonchev–Trinajstić information content (AvgIpc) is 2.91. The Hall–Kier alpha value is -3.76. The molecule has 0 unspecified atom stereocenters. The van der Waals surface area contributed by atoms with Gasteiger partial charge in [0.15, 0.2) is 0 Å². The molecule has 134 valence electrons. The summed E-state index contributed by atoms with van der Waals surface area (Å²) in [6, 6.07) is 0. The number of fused-ring (bicyclic) bond motifs is 2. The molecule has 0 saturated carbocycles. The first-order valence-electron chi connectivity index (χ1n) is 8.37. The van der Waals surface area contributed by atoms with Gasteiger partial charge in [-0.1, -0.05) is 70.8 Å². The van der Waals surface area contributed by atoms with Crippen molar-refractivity contribution in [3.8, 4) is 23.7 Å². The molecule has 0 spiro atoms. The van der Waals surface area contributed by atoms with Gasteiger partial charge in [0.1, 0.15) is 11.4 Å². The van der Waals surface area contributed by atoms with E-state index in [0.717, 1.165) is 22.3 Å². The standard InChI is InChI=1S/C23H20N2O2/c1-18-9-3-4-10-19(2)12-8-16-23(25-27)21-14-6-5-13-20(17-21)22(24-26)15-7-11-18/h5-8,11-16,26-27H,17H2,1-2H3/b15-7-,16-8-,18-11-,19-12-,24-22-,25-23-. The predicted octanol–water partition coefficient (Wildman–Crippen LogP) is 4.48. The van der Waals surface area contributed by atoms with Crippen molar-refractivity contribution in [1.82, 2.24) is 0 Å². The Bertz CT molecular complexity index is 906. The largest absolute Gasteiger partial charge is 0.410 e. The Labute approximate surface area is 159 Å². The topological polar surface area (TPSA) is 65.2 Å². The summed E-state index contributed by atoms with van der Waals surface area (Å²) in [6.45, 7) is 3.76. The van der Waals surface area contributed by atoms with Crippen LogP contribution in [0.3, 0.4) is 0 Å². The molecule has 0 heterocycles. The summed E-state index contributed by atoms with van der Waals surface area (Å²) in [5.74, 6) is 11.5. The van der Waals surface area contributed by atoms with Crippen molar-refractivity contribution < 1.29 is 10.4 Å². The minimum Gasteiger partial charge on any atom is -0.410 e. The second-order valence-corrected chi connectivity index (χ2v) is 5.83. The number of nitrogens with zero attached hydrogens (tertiary/aromatic N) is 2. The first kappa shape index (κ1) is 19.6. The lowest BCUT2D eigenvalue weighted by Crippen LogP contribution is -2.06. The lowest BCUT2D eigenvalue weighted by molar-refractivity contribution is 0.319. The molecule has 0 atom stereocenters. The van der Waals surface area contributed by atoms with Gasteiger partial charge in [-0.25, -0.2) is 0 Å². The number of hydrogen-bond acceptors (Lipinski definition) is 4. The predicted molar refractivity (Wildman–Crippen MR) is 110 cm³/mol. The van der Waals surface area contributed by atoms with Crippen LogP contribution >= 0.6 is 0 Å². The molecular formula is C23H20N2O2. The molecule has 2 bridgehead atoms. The minimum atomic E-state index is 0.422. The Balaban J connectivity index is 2.52. The Morgan fingerprint density at radius 3 is 1.56 bits per heavy atom. The number of allylic oxidation sites excluding steroid dienone is 14. The van der Waals surface area contributed by atoms with Gasteiger partial charge < -0.3 is 10.4 Å². The van der Waals surface area contributed by atoms with Crippen molar-refractivity contribution in [3.05, 3.63) is 83.1 Å². The maximum Gasteiger partial charge on any atom is 0.106 e. The van der Waals surface area contributed by atoms with Crippen LogP contribution in [0, 0.1) is 23.7 Å². The van der Waals surface area contributed by atoms with E-state index in [-0.39, 0.29) is 0 Å². The molecular weight excluding hydrogens is 336 g/mol. The van der Waals surface area contributed by atoms with Gasteiger partial charge in [-0.2, -0.15) is 0 Å². The van der Waals surface area contributed by atoms with Gasteiger partial charge in [-0.15, -0.1) is 0 Å². The molecule has 0 saturated heterocycles. The molecule has 4 nitrogen and oxygen atoms in total. The zero-order chi connectivity index (χ0) is 19.5. The molecule has 0 aromatic heterocycles. The van der Waals surface area contributed by atoms with E-state index in [1.165, 1.54) is 0 Å². The van der Waals surface area contributed by atoms with Gasteiger partial charge in [0.2, 0.25) is 0 Å². The molecule has 2 N–H and O–H groups in total. The van der Waals surface area contributed by atoms with E-state index in [4.69, 9.17) is 0 Å². The third-order valence-electron chi connectivity index (χ3n) is 3.74. The zero-order valence-electron chi connectivity index (χ0n) is 15.3. The van der Waals surface area contributed by atoms with Crippen LogP contribution in [0.4, 0.5) is 0 Å². The third-order valence-corrected chi connectivity index (χ3v) is 3.74. The molecule has 0 fully saturated rings. The van der Waals surface area contributed by atoms with Crippen LogP contribution in [-0.4, -0.2) is 21.8 Å². The number of oxime groups is 2. The van der Waals surface area contributed by atoms with Crippen molar-refractivity contribution >= 4 is 11.4 Å². The lowest BCUT2D eigenvalue weighted by atomic mass is 9.97. The molecule has 0 aromatic rings. The second-order valence-electron chi connectivity index (χ2n) is 5.83. The maximum atomic E-state index is 9.42.